The molecule has 2 unspecified atom stereocenters. The number of hydrogen-bond acceptors (Lipinski definition) is 3. The molecule has 0 aromatic heterocycles. The maximum absolute atomic E-state index is 13.7. The first-order valence-electron chi connectivity index (χ1n) is 6.25. The fourth-order valence-corrected chi connectivity index (χ4v) is 5.13. The summed E-state index contributed by atoms with van der Waals surface area (Å²) in [4.78, 5) is -0.214. The molecule has 110 valence electrons. The van der Waals surface area contributed by atoms with Crippen LogP contribution in [-0.4, -0.2) is 38.9 Å². The van der Waals surface area contributed by atoms with Gasteiger partial charge in [-0.15, -0.1) is 0 Å². The van der Waals surface area contributed by atoms with E-state index in [4.69, 9.17) is 23.2 Å². The van der Waals surface area contributed by atoms with Crippen LogP contribution in [0.4, 0.5) is 4.39 Å². The fourth-order valence-electron chi connectivity index (χ4n) is 2.86. The van der Waals surface area contributed by atoms with Gasteiger partial charge in [-0.25, -0.2) is 12.8 Å². The van der Waals surface area contributed by atoms with Crippen molar-refractivity contribution in [3.8, 4) is 0 Å². The van der Waals surface area contributed by atoms with Gasteiger partial charge in [-0.3, -0.25) is 0 Å². The summed E-state index contributed by atoms with van der Waals surface area (Å²) in [6.45, 7) is 2.53. The molecule has 0 saturated carbocycles. The van der Waals surface area contributed by atoms with Crippen molar-refractivity contribution in [1.29, 1.82) is 0 Å². The standard InChI is InChI=1S/C12H13Cl2FN2O2S/c13-9-1-2-10(11(14)12(9)15)20(18,19)17-5-7-3-16-4-8(7)6-17/h1-2,7-8,16H,3-6H2. The Morgan fingerprint density at radius 3 is 2.40 bits per heavy atom. The molecule has 0 radical (unpaired) electrons. The molecule has 0 amide bonds. The van der Waals surface area contributed by atoms with Crippen molar-refractivity contribution in [2.24, 2.45) is 11.8 Å². The number of hydrogen-bond donors (Lipinski definition) is 1. The highest BCUT2D eigenvalue weighted by molar-refractivity contribution is 7.89. The Balaban J connectivity index is 1.95. The van der Waals surface area contributed by atoms with E-state index < -0.39 is 20.9 Å². The summed E-state index contributed by atoms with van der Waals surface area (Å²) >= 11 is 11.4. The zero-order chi connectivity index (χ0) is 14.5. The van der Waals surface area contributed by atoms with Crippen LogP contribution in [0.15, 0.2) is 17.0 Å². The van der Waals surface area contributed by atoms with Gasteiger partial charge in [0.25, 0.3) is 0 Å². The number of nitrogens with one attached hydrogen (secondary N) is 1. The smallest absolute Gasteiger partial charge is 0.244 e. The molecule has 2 aliphatic heterocycles. The summed E-state index contributed by atoms with van der Waals surface area (Å²) < 4.78 is 40.2. The highest BCUT2D eigenvalue weighted by Crippen LogP contribution is 2.35. The lowest BCUT2D eigenvalue weighted by Crippen LogP contribution is -2.32. The Hall–Kier alpha value is -0.400. The first kappa shape index (κ1) is 14.5. The molecule has 4 nitrogen and oxygen atoms in total. The summed E-state index contributed by atoms with van der Waals surface area (Å²) in [5.41, 5.74) is 0. The molecule has 2 saturated heterocycles. The molecule has 1 aromatic rings. The Labute approximate surface area is 126 Å². The SMILES string of the molecule is O=S(=O)(c1ccc(Cl)c(F)c1Cl)N1CC2CNCC2C1. The van der Waals surface area contributed by atoms with Crippen LogP contribution >= 0.6 is 23.2 Å². The number of benzene rings is 1. The zero-order valence-electron chi connectivity index (χ0n) is 10.4. The van der Waals surface area contributed by atoms with Gasteiger partial charge in [-0.2, -0.15) is 4.31 Å². The summed E-state index contributed by atoms with van der Waals surface area (Å²) in [6, 6.07) is 2.48. The van der Waals surface area contributed by atoms with E-state index in [0.717, 1.165) is 13.1 Å². The monoisotopic (exact) mass is 338 g/mol. The van der Waals surface area contributed by atoms with Crippen molar-refractivity contribution in [3.05, 3.63) is 28.0 Å². The van der Waals surface area contributed by atoms with E-state index in [0.29, 0.717) is 24.9 Å². The van der Waals surface area contributed by atoms with Gasteiger partial charge in [-0.1, -0.05) is 23.2 Å². The Morgan fingerprint density at radius 2 is 1.80 bits per heavy atom. The molecule has 2 atom stereocenters. The van der Waals surface area contributed by atoms with Crippen LogP contribution in [0.25, 0.3) is 0 Å². The van der Waals surface area contributed by atoms with Gasteiger partial charge in [0.15, 0.2) is 5.82 Å². The van der Waals surface area contributed by atoms with Crippen molar-refractivity contribution >= 4 is 33.2 Å². The van der Waals surface area contributed by atoms with E-state index in [1.54, 1.807) is 0 Å². The molecule has 0 spiro atoms. The van der Waals surface area contributed by atoms with E-state index >= 15 is 0 Å². The average molecular weight is 339 g/mol. The Kier molecular flexibility index (Phi) is 3.71. The topological polar surface area (TPSA) is 49.4 Å². The predicted molar refractivity (Wildman–Crippen MR) is 75.0 cm³/mol. The van der Waals surface area contributed by atoms with Crippen molar-refractivity contribution < 1.29 is 12.8 Å². The molecule has 2 aliphatic rings. The molecule has 0 aliphatic carbocycles. The minimum atomic E-state index is -3.78. The Morgan fingerprint density at radius 1 is 1.20 bits per heavy atom. The van der Waals surface area contributed by atoms with Gasteiger partial charge >= 0.3 is 0 Å². The van der Waals surface area contributed by atoms with Crippen molar-refractivity contribution in [3.63, 3.8) is 0 Å². The minimum Gasteiger partial charge on any atom is -0.316 e. The van der Waals surface area contributed by atoms with Crippen LogP contribution < -0.4 is 5.32 Å². The molecular formula is C12H13Cl2FN2O2S. The number of nitrogens with zero attached hydrogens (tertiary/aromatic N) is 1. The number of sulfonamides is 1. The second kappa shape index (κ2) is 5.10. The van der Waals surface area contributed by atoms with E-state index in [9.17, 15) is 12.8 Å². The minimum absolute atomic E-state index is 0.184. The predicted octanol–water partition coefficient (Wildman–Crippen LogP) is 1.97. The third-order valence-electron chi connectivity index (χ3n) is 3.97. The van der Waals surface area contributed by atoms with Crippen molar-refractivity contribution in [2.45, 2.75) is 4.90 Å². The maximum atomic E-state index is 13.7. The third kappa shape index (κ3) is 2.23. The van der Waals surface area contributed by atoms with Gasteiger partial charge in [-0.05, 0) is 37.1 Å². The Bertz CT molecular complexity index is 641. The molecule has 20 heavy (non-hydrogen) atoms. The second-order valence-electron chi connectivity index (χ2n) is 5.17. The lowest BCUT2D eigenvalue weighted by molar-refractivity contribution is 0.447. The van der Waals surface area contributed by atoms with Gasteiger partial charge in [0.1, 0.15) is 4.90 Å². The van der Waals surface area contributed by atoms with Crippen molar-refractivity contribution in [1.82, 2.24) is 9.62 Å². The lowest BCUT2D eigenvalue weighted by Gasteiger charge is -2.18. The highest BCUT2D eigenvalue weighted by Gasteiger charge is 2.42. The van der Waals surface area contributed by atoms with Crippen LogP contribution in [0.1, 0.15) is 0 Å². The molecule has 3 rings (SSSR count). The highest BCUT2D eigenvalue weighted by atomic mass is 35.5. The van der Waals surface area contributed by atoms with Crippen LogP contribution in [0, 0.1) is 17.7 Å². The quantitative estimate of drug-likeness (QED) is 0.839. The first-order valence-corrected chi connectivity index (χ1v) is 8.45. The largest absolute Gasteiger partial charge is 0.316 e. The van der Waals surface area contributed by atoms with Gasteiger partial charge in [0.05, 0.1) is 10.0 Å². The van der Waals surface area contributed by atoms with Gasteiger partial charge in [0.2, 0.25) is 10.0 Å². The lowest BCUT2D eigenvalue weighted by atomic mass is 10.0. The molecule has 2 heterocycles. The first-order chi connectivity index (χ1) is 9.41. The van der Waals surface area contributed by atoms with Crippen LogP contribution in [-0.2, 0) is 10.0 Å². The van der Waals surface area contributed by atoms with Gasteiger partial charge < -0.3 is 5.32 Å². The van der Waals surface area contributed by atoms with Gasteiger partial charge in [0, 0.05) is 13.1 Å². The zero-order valence-corrected chi connectivity index (χ0v) is 12.8. The molecular weight excluding hydrogens is 326 g/mol. The molecule has 1 N–H and O–H groups in total. The van der Waals surface area contributed by atoms with Crippen molar-refractivity contribution in [2.75, 3.05) is 26.2 Å². The average Bonchev–Trinajstić information content (AvgIpc) is 2.96. The second-order valence-corrected chi connectivity index (χ2v) is 7.87. The number of fused-ring (bicyclic) bond motifs is 1. The molecule has 2 fully saturated rings. The van der Waals surface area contributed by atoms with Crippen LogP contribution in [0.2, 0.25) is 10.0 Å². The summed E-state index contributed by atoms with van der Waals surface area (Å²) in [7, 11) is -3.78. The fraction of sp³-hybridized carbons (Fsp3) is 0.500. The number of halogens is 3. The van der Waals surface area contributed by atoms with E-state index in [2.05, 4.69) is 5.32 Å². The molecule has 8 heteroatoms. The normalized spacial score (nSPS) is 26.9. The summed E-state index contributed by atoms with van der Waals surface area (Å²) in [5.74, 6) is -0.253. The van der Waals surface area contributed by atoms with E-state index in [1.165, 1.54) is 16.4 Å². The summed E-state index contributed by atoms with van der Waals surface area (Å²) in [6.07, 6.45) is 0. The van der Waals surface area contributed by atoms with Crippen LogP contribution in [0.3, 0.4) is 0 Å². The molecule has 0 bridgehead atoms. The summed E-state index contributed by atoms with van der Waals surface area (Å²) in [5, 5.41) is 2.62. The maximum Gasteiger partial charge on any atom is 0.244 e. The molecule has 1 aromatic carbocycles. The van der Waals surface area contributed by atoms with Crippen LogP contribution in [0.5, 0.6) is 0 Å². The van der Waals surface area contributed by atoms with E-state index in [-0.39, 0.29) is 9.92 Å². The third-order valence-corrected chi connectivity index (χ3v) is 6.62. The van der Waals surface area contributed by atoms with E-state index in [1.807, 2.05) is 0 Å². The number of rotatable bonds is 2.